The molecular formula is C10H14N2O3. The molecule has 2 N–H and O–H groups in total. The van der Waals surface area contributed by atoms with Gasteiger partial charge in [-0.05, 0) is 18.6 Å². The number of rotatable bonds is 4. The van der Waals surface area contributed by atoms with Crippen molar-refractivity contribution in [2.45, 2.75) is 13.5 Å². The molecular weight excluding hydrogens is 196 g/mol. The van der Waals surface area contributed by atoms with Crippen molar-refractivity contribution in [2.75, 3.05) is 7.05 Å². The van der Waals surface area contributed by atoms with Gasteiger partial charge < -0.3 is 15.0 Å². The van der Waals surface area contributed by atoms with Crippen molar-refractivity contribution in [2.24, 2.45) is 5.92 Å². The van der Waals surface area contributed by atoms with Crippen LogP contribution in [-0.2, 0) is 16.1 Å². The van der Waals surface area contributed by atoms with Gasteiger partial charge in [-0.25, -0.2) is 0 Å². The predicted octanol–water partition coefficient (Wildman–Crippen LogP) is 0.694. The molecule has 0 saturated carbocycles. The van der Waals surface area contributed by atoms with Crippen LogP contribution in [0.4, 0.5) is 0 Å². The van der Waals surface area contributed by atoms with Crippen LogP contribution >= 0.6 is 0 Å². The van der Waals surface area contributed by atoms with Gasteiger partial charge in [0, 0.05) is 26.0 Å². The van der Waals surface area contributed by atoms with Gasteiger partial charge >= 0.3 is 5.97 Å². The molecule has 1 aromatic heterocycles. The van der Waals surface area contributed by atoms with E-state index < -0.39 is 11.9 Å². The summed E-state index contributed by atoms with van der Waals surface area (Å²) in [6, 6.07) is 1.84. The van der Waals surface area contributed by atoms with E-state index in [1.165, 1.54) is 11.8 Å². The molecule has 1 amide bonds. The Hall–Kier alpha value is -1.78. The third kappa shape index (κ3) is 2.83. The summed E-state index contributed by atoms with van der Waals surface area (Å²) in [6.07, 6.45) is 3.53. The van der Waals surface area contributed by atoms with Crippen LogP contribution in [0.25, 0.3) is 0 Å². The number of H-pyrrole nitrogens is 1. The van der Waals surface area contributed by atoms with Gasteiger partial charge in [0.05, 0.1) is 0 Å². The summed E-state index contributed by atoms with van der Waals surface area (Å²) < 4.78 is 0. The third-order valence-corrected chi connectivity index (χ3v) is 2.20. The fourth-order valence-electron chi connectivity index (χ4n) is 1.24. The van der Waals surface area contributed by atoms with Gasteiger partial charge in [0.15, 0.2) is 0 Å². The minimum Gasteiger partial charge on any atom is -0.481 e. The van der Waals surface area contributed by atoms with E-state index in [2.05, 4.69) is 4.98 Å². The minimum atomic E-state index is -1.10. The highest BCUT2D eigenvalue weighted by molar-refractivity contribution is 5.96. The average Bonchev–Trinajstić information content (AvgIpc) is 2.67. The Morgan fingerprint density at radius 2 is 2.27 bits per heavy atom. The molecule has 1 heterocycles. The number of nitrogens with zero attached hydrogens (tertiary/aromatic N) is 1. The molecule has 1 unspecified atom stereocenters. The highest BCUT2D eigenvalue weighted by atomic mass is 16.4. The summed E-state index contributed by atoms with van der Waals surface area (Å²) in [4.78, 5) is 26.4. The Bertz CT molecular complexity index is 346. The molecule has 1 rings (SSSR count). The van der Waals surface area contributed by atoms with Gasteiger partial charge in [-0.1, -0.05) is 0 Å². The van der Waals surface area contributed by atoms with Crippen molar-refractivity contribution >= 4 is 11.9 Å². The van der Waals surface area contributed by atoms with Crippen LogP contribution in [0.2, 0.25) is 0 Å². The van der Waals surface area contributed by atoms with Crippen molar-refractivity contribution in [3.63, 3.8) is 0 Å². The van der Waals surface area contributed by atoms with Gasteiger partial charge in [-0.15, -0.1) is 0 Å². The highest BCUT2D eigenvalue weighted by Gasteiger charge is 2.23. The van der Waals surface area contributed by atoms with Crippen molar-refractivity contribution in [3.8, 4) is 0 Å². The molecule has 1 atom stereocenters. The van der Waals surface area contributed by atoms with E-state index in [1.54, 1.807) is 19.4 Å². The number of hydrogen-bond acceptors (Lipinski definition) is 2. The molecule has 0 saturated heterocycles. The summed E-state index contributed by atoms with van der Waals surface area (Å²) in [7, 11) is 1.59. The Morgan fingerprint density at radius 3 is 2.73 bits per heavy atom. The van der Waals surface area contributed by atoms with Crippen LogP contribution in [0, 0.1) is 5.92 Å². The monoisotopic (exact) mass is 210 g/mol. The molecule has 0 aliphatic rings. The van der Waals surface area contributed by atoms with Crippen molar-refractivity contribution < 1.29 is 14.7 Å². The first kappa shape index (κ1) is 11.3. The number of amides is 1. The van der Waals surface area contributed by atoms with Crippen LogP contribution < -0.4 is 0 Å². The van der Waals surface area contributed by atoms with E-state index in [9.17, 15) is 9.59 Å². The maximum absolute atomic E-state index is 11.5. The van der Waals surface area contributed by atoms with Crippen molar-refractivity contribution in [3.05, 3.63) is 24.0 Å². The SMILES string of the molecule is CC(C(=O)O)C(=O)N(C)Cc1cc[nH]c1. The number of carbonyl (C=O) groups excluding carboxylic acids is 1. The topological polar surface area (TPSA) is 73.4 Å². The standard InChI is InChI=1S/C10H14N2O3/c1-7(10(14)15)9(13)12(2)6-8-3-4-11-5-8/h3-5,7,11H,6H2,1-2H3,(H,14,15). The lowest BCUT2D eigenvalue weighted by Crippen LogP contribution is -2.34. The van der Waals surface area contributed by atoms with Gasteiger partial charge in [0.1, 0.15) is 5.92 Å². The van der Waals surface area contributed by atoms with Crippen LogP contribution in [0.3, 0.4) is 0 Å². The molecule has 0 aliphatic carbocycles. The fourth-order valence-corrected chi connectivity index (χ4v) is 1.24. The van der Waals surface area contributed by atoms with Crippen LogP contribution in [0.5, 0.6) is 0 Å². The number of aromatic amines is 1. The van der Waals surface area contributed by atoms with Crippen LogP contribution in [-0.4, -0.2) is 33.9 Å². The average molecular weight is 210 g/mol. The largest absolute Gasteiger partial charge is 0.481 e. The number of carboxylic acids is 1. The van der Waals surface area contributed by atoms with Crippen LogP contribution in [0.1, 0.15) is 12.5 Å². The number of nitrogens with one attached hydrogen (secondary N) is 1. The summed E-state index contributed by atoms with van der Waals surface area (Å²) in [5, 5.41) is 8.67. The molecule has 5 nitrogen and oxygen atoms in total. The molecule has 0 spiro atoms. The number of aromatic nitrogens is 1. The molecule has 0 bridgehead atoms. The van der Waals surface area contributed by atoms with E-state index in [4.69, 9.17) is 5.11 Å². The van der Waals surface area contributed by atoms with E-state index in [-0.39, 0.29) is 5.91 Å². The Kier molecular flexibility index (Phi) is 3.49. The zero-order valence-corrected chi connectivity index (χ0v) is 8.73. The first-order chi connectivity index (χ1) is 7.02. The van der Waals surface area contributed by atoms with E-state index in [0.717, 1.165) is 5.56 Å². The van der Waals surface area contributed by atoms with Gasteiger partial charge in [-0.3, -0.25) is 9.59 Å². The summed E-state index contributed by atoms with van der Waals surface area (Å²) in [6.45, 7) is 1.80. The maximum Gasteiger partial charge on any atom is 0.315 e. The summed E-state index contributed by atoms with van der Waals surface area (Å²) in [5.41, 5.74) is 0.948. The summed E-state index contributed by atoms with van der Waals surface area (Å²) in [5.74, 6) is -2.47. The second-order valence-corrected chi connectivity index (χ2v) is 3.47. The maximum atomic E-state index is 11.5. The third-order valence-electron chi connectivity index (χ3n) is 2.20. The molecule has 15 heavy (non-hydrogen) atoms. The first-order valence-corrected chi connectivity index (χ1v) is 4.62. The first-order valence-electron chi connectivity index (χ1n) is 4.62. The van der Waals surface area contributed by atoms with Gasteiger partial charge in [-0.2, -0.15) is 0 Å². The van der Waals surface area contributed by atoms with Gasteiger partial charge in [0.25, 0.3) is 0 Å². The smallest absolute Gasteiger partial charge is 0.315 e. The zero-order valence-electron chi connectivity index (χ0n) is 8.73. The lowest BCUT2D eigenvalue weighted by atomic mass is 10.1. The van der Waals surface area contributed by atoms with Crippen molar-refractivity contribution in [1.82, 2.24) is 9.88 Å². The molecule has 0 radical (unpaired) electrons. The second-order valence-electron chi connectivity index (χ2n) is 3.47. The quantitative estimate of drug-likeness (QED) is 0.718. The van der Waals surface area contributed by atoms with Gasteiger partial charge in [0.2, 0.25) is 5.91 Å². The molecule has 1 aromatic rings. The molecule has 5 heteroatoms. The summed E-state index contributed by atoms with van der Waals surface area (Å²) >= 11 is 0. The highest BCUT2D eigenvalue weighted by Crippen LogP contribution is 2.06. The van der Waals surface area contributed by atoms with E-state index >= 15 is 0 Å². The Morgan fingerprint density at radius 1 is 1.60 bits per heavy atom. The molecule has 0 fully saturated rings. The van der Waals surface area contributed by atoms with Crippen LogP contribution in [0.15, 0.2) is 18.5 Å². The minimum absolute atomic E-state index is 0.385. The fraction of sp³-hybridized carbons (Fsp3) is 0.400. The zero-order chi connectivity index (χ0) is 11.4. The molecule has 0 aromatic carbocycles. The Labute approximate surface area is 87.7 Å². The van der Waals surface area contributed by atoms with E-state index in [0.29, 0.717) is 6.54 Å². The lowest BCUT2D eigenvalue weighted by molar-refractivity contribution is -0.149. The number of hydrogen-bond donors (Lipinski definition) is 2. The predicted molar refractivity (Wildman–Crippen MR) is 54.1 cm³/mol. The number of carboxylic acid groups (broad SMARTS) is 1. The molecule has 0 aliphatic heterocycles. The molecule has 82 valence electrons. The normalized spacial score (nSPS) is 12.1. The van der Waals surface area contributed by atoms with Crippen molar-refractivity contribution in [1.29, 1.82) is 0 Å². The Balaban J connectivity index is 2.57. The number of aliphatic carboxylic acids is 1. The van der Waals surface area contributed by atoms with E-state index in [1.807, 2.05) is 6.07 Å². The lowest BCUT2D eigenvalue weighted by Gasteiger charge is -2.18. The number of carbonyl (C=O) groups is 2. The second kappa shape index (κ2) is 4.63.